The summed E-state index contributed by atoms with van der Waals surface area (Å²) in [6.45, 7) is 0.310. The van der Waals surface area contributed by atoms with Crippen molar-refractivity contribution in [3.8, 4) is 0 Å². The second-order valence-electron chi connectivity index (χ2n) is 10.2. The fourth-order valence-electron chi connectivity index (χ4n) is 4.64. The Morgan fingerprint density at radius 2 is 1.39 bits per heavy atom. The fraction of sp³-hybridized carbons (Fsp3) is 0.741. The number of hydrogen-bond donors (Lipinski definition) is 3. The summed E-state index contributed by atoms with van der Waals surface area (Å²) in [7, 11) is 0. The third kappa shape index (κ3) is 13.0. The zero-order valence-corrected chi connectivity index (χ0v) is 22.3. The van der Waals surface area contributed by atoms with E-state index in [2.05, 4.69) is 16.4 Å². The lowest BCUT2D eigenvalue weighted by Gasteiger charge is -2.25. The fourth-order valence-corrected chi connectivity index (χ4v) is 4.64. The Labute approximate surface area is 224 Å². The molecule has 2 aliphatic rings. The predicted molar refractivity (Wildman–Crippen MR) is 135 cm³/mol. The SMILES string of the molecule is [NH3+][C@H](CCCCNC(=O)/C=C/C(=O)N[C@@H](CCC(=O)OC1CCCCC1)C(=O)OC1CCCCC1)C(=O)[O-]. The Balaban J connectivity index is 1.81. The summed E-state index contributed by atoms with van der Waals surface area (Å²) in [4.78, 5) is 60.3. The number of unbranched alkanes of at least 4 members (excludes halogenated alkanes) is 1. The number of carbonyl (C=O) groups excluding carboxylic acids is 5. The number of rotatable bonds is 15. The minimum atomic E-state index is -1.20. The van der Waals surface area contributed by atoms with Gasteiger partial charge in [-0.1, -0.05) is 12.8 Å². The van der Waals surface area contributed by atoms with Crippen LogP contribution in [0.3, 0.4) is 0 Å². The molecular weight excluding hydrogens is 494 g/mol. The first-order chi connectivity index (χ1) is 18.2. The molecule has 0 radical (unpaired) electrons. The van der Waals surface area contributed by atoms with E-state index in [1.165, 1.54) is 0 Å². The van der Waals surface area contributed by atoms with E-state index in [1.807, 2.05) is 0 Å². The van der Waals surface area contributed by atoms with Crippen molar-refractivity contribution < 1.29 is 44.3 Å². The lowest BCUT2D eigenvalue weighted by Crippen LogP contribution is -2.68. The van der Waals surface area contributed by atoms with Crippen molar-refractivity contribution in [3.63, 3.8) is 0 Å². The van der Waals surface area contributed by atoms with E-state index in [4.69, 9.17) is 9.47 Å². The minimum absolute atomic E-state index is 0.0303. The van der Waals surface area contributed by atoms with E-state index < -0.39 is 41.8 Å². The molecule has 0 saturated heterocycles. The maximum Gasteiger partial charge on any atom is 0.328 e. The topological polar surface area (TPSA) is 179 Å². The van der Waals surface area contributed by atoms with Gasteiger partial charge in [0.25, 0.3) is 0 Å². The van der Waals surface area contributed by atoms with Gasteiger partial charge in [0, 0.05) is 31.5 Å². The van der Waals surface area contributed by atoms with Gasteiger partial charge in [-0.15, -0.1) is 0 Å². The molecule has 0 aromatic carbocycles. The van der Waals surface area contributed by atoms with Crippen LogP contribution in [0.25, 0.3) is 0 Å². The molecule has 0 aromatic heterocycles. The van der Waals surface area contributed by atoms with E-state index >= 15 is 0 Å². The van der Waals surface area contributed by atoms with Crippen LogP contribution in [0.2, 0.25) is 0 Å². The summed E-state index contributed by atoms with van der Waals surface area (Å²) in [5.74, 6) is -3.34. The molecule has 0 unspecified atom stereocenters. The Morgan fingerprint density at radius 3 is 2.00 bits per heavy atom. The van der Waals surface area contributed by atoms with Gasteiger partial charge in [0.2, 0.25) is 11.8 Å². The van der Waals surface area contributed by atoms with Crippen molar-refractivity contribution in [3.05, 3.63) is 12.2 Å². The second-order valence-corrected chi connectivity index (χ2v) is 10.2. The number of quaternary nitrogens is 1. The van der Waals surface area contributed by atoms with Crippen molar-refractivity contribution in [1.82, 2.24) is 10.6 Å². The molecule has 5 N–H and O–H groups in total. The van der Waals surface area contributed by atoms with Crippen LogP contribution in [0.15, 0.2) is 12.2 Å². The van der Waals surface area contributed by atoms with Gasteiger partial charge in [0.1, 0.15) is 24.3 Å². The Kier molecular flexibility index (Phi) is 14.4. The average Bonchev–Trinajstić information content (AvgIpc) is 2.90. The van der Waals surface area contributed by atoms with Crippen LogP contribution in [0.5, 0.6) is 0 Å². The van der Waals surface area contributed by atoms with E-state index in [0.717, 1.165) is 76.4 Å². The largest absolute Gasteiger partial charge is 0.544 e. The van der Waals surface area contributed by atoms with E-state index in [-0.39, 0.29) is 25.0 Å². The standard InChI is InChI=1S/C27H43N3O8/c28-21(26(34)35)13-7-8-18-29-23(31)15-16-24(32)30-22(27(36)38-20-11-5-2-6-12-20)14-17-25(33)37-19-9-3-1-4-10-19/h15-16,19-22H,1-14,17-18,28H2,(H,29,31)(H,30,32)(H,34,35)/b16-15+/t21-,22+/m1/s1. The first-order valence-electron chi connectivity index (χ1n) is 13.9. The number of esters is 2. The van der Waals surface area contributed by atoms with Crippen molar-refractivity contribution in [1.29, 1.82) is 0 Å². The zero-order chi connectivity index (χ0) is 27.8. The molecule has 0 spiro atoms. The lowest BCUT2D eigenvalue weighted by atomic mass is 9.97. The number of carboxylic acids is 1. The highest BCUT2D eigenvalue weighted by Crippen LogP contribution is 2.22. The molecule has 2 aliphatic carbocycles. The molecule has 0 aromatic rings. The minimum Gasteiger partial charge on any atom is -0.544 e. The Bertz CT molecular complexity index is 819. The number of ether oxygens (including phenoxy) is 2. The maximum atomic E-state index is 12.8. The molecule has 2 rings (SSSR count). The first kappa shape index (κ1) is 31.3. The van der Waals surface area contributed by atoms with Crippen LogP contribution < -0.4 is 21.5 Å². The van der Waals surface area contributed by atoms with Crippen molar-refractivity contribution in [2.45, 2.75) is 121 Å². The summed E-state index contributed by atoms with van der Waals surface area (Å²) < 4.78 is 11.1. The van der Waals surface area contributed by atoms with Crippen molar-refractivity contribution in [2.24, 2.45) is 0 Å². The zero-order valence-electron chi connectivity index (χ0n) is 22.3. The third-order valence-electron chi connectivity index (χ3n) is 6.92. The molecular formula is C27H43N3O8. The number of aliphatic carboxylic acids is 1. The third-order valence-corrected chi connectivity index (χ3v) is 6.92. The molecule has 2 fully saturated rings. The predicted octanol–water partition coefficient (Wildman–Crippen LogP) is 0.206. The first-order valence-corrected chi connectivity index (χ1v) is 13.9. The molecule has 11 nitrogen and oxygen atoms in total. The highest BCUT2D eigenvalue weighted by molar-refractivity contribution is 5.98. The molecule has 2 amide bonds. The lowest BCUT2D eigenvalue weighted by molar-refractivity contribution is -0.438. The number of hydrogen-bond acceptors (Lipinski definition) is 8. The highest BCUT2D eigenvalue weighted by Gasteiger charge is 2.27. The van der Waals surface area contributed by atoms with Gasteiger partial charge < -0.3 is 35.7 Å². The Hall–Kier alpha value is -2.95. The van der Waals surface area contributed by atoms with E-state index in [9.17, 15) is 29.1 Å². The van der Waals surface area contributed by atoms with Crippen molar-refractivity contribution in [2.75, 3.05) is 6.54 Å². The number of carboxylic acid groups (broad SMARTS) is 1. The molecule has 2 saturated carbocycles. The van der Waals surface area contributed by atoms with Gasteiger partial charge in [-0.2, -0.15) is 0 Å². The highest BCUT2D eigenvalue weighted by atomic mass is 16.5. The number of amides is 2. The Morgan fingerprint density at radius 1 is 0.816 bits per heavy atom. The van der Waals surface area contributed by atoms with Crippen LogP contribution >= 0.6 is 0 Å². The normalized spacial score (nSPS) is 18.3. The van der Waals surface area contributed by atoms with Crippen LogP contribution in [0, 0.1) is 0 Å². The summed E-state index contributed by atoms with van der Waals surface area (Å²) in [6.07, 6.45) is 12.8. The van der Waals surface area contributed by atoms with Gasteiger partial charge in [-0.05, 0) is 70.6 Å². The maximum absolute atomic E-state index is 12.8. The van der Waals surface area contributed by atoms with E-state index in [0.29, 0.717) is 25.8 Å². The van der Waals surface area contributed by atoms with Crippen LogP contribution in [0.1, 0.15) is 96.3 Å². The van der Waals surface area contributed by atoms with Gasteiger partial charge in [-0.25, -0.2) is 4.79 Å². The van der Waals surface area contributed by atoms with Crippen LogP contribution in [-0.2, 0) is 33.4 Å². The molecule has 214 valence electrons. The molecule has 0 bridgehead atoms. The van der Waals surface area contributed by atoms with Crippen molar-refractivity contribution >= 4 is 29.7 Å². The summed E-state index contributed by atoms with van der Waals surface area (Å²) in [5, 5.41) is 15.8. The summed E-state index contributed by atoms with van der Waals surface area (Å²) >= 11 is 0. The molecule has 2 atom stereocenters. The smallest absolute Gasteiger partial charge is 0.328 e. The van der Waals surface area contributed by atoms with E-state index in [1.54, 1.807) is 0 Å². The van der Waals surface area contributed by atoms with Crippen LogP contribution in [0.4, 0.5) is 0 Å². The number of nitrogens with one attached hydrogen (secondary N) is 2. The number of carbonyl (C=O) groups is 5. The molecule has 11 heteroatoms. The second kappa shape index (κ2) is 17.5. The molecule has 0 aliphatic heterocycles. The van der Waals surface area contributed by atoms with Gasteiger partial charge in [0.05, 0.1) is 5.97 Å². The van der Waals surface area contributed by atoms with Gasteiger partial charge in [0.15, 0.2) is 0 Å². The summed E-state index contributed by atoms with van der Waals surface area (Å²) in [5.41, 5.74) is 3.47. The monoisotopic (exact) mass is 537 g/mol. The van der Waals surface area contributed by atoms with Gasteiger partial charge >= 0.3 is 11.9 Å². The van der Waals surface area contributed by atoms with Gasteiger partial charge in [-0.3, -0.25) is 14.4 Å². The molecule has 0 heterocycles. The quantitative estimate of drug-likeness (QED) is 0.151. The average molecular weight is 538 g/mol. The van der Waals surface area contributed by atoms with Crippen LogP contribution in [-0.4, -0.2) is 60.6 Å². The summed E-state index contributed by atoms with van der Waals surface area (Å²) in [6, 6.07) is -1.82. The molecule has 38 heavy (non-hydrogen) atoms.